The van der Waals surface area contributed by atoms with Gasteiger partial charge < -0.3 is 15.1 Å². The van der Waals surface area contributed by atoms with Crippen LogP contribution in [0.3, 0.4) is 0 Å². The molecular formula is C12H19N3O3. The number of hydrogen-bond acceptors (Lipinski definition) is 4. The van der Waals surface area contributed by atoms with Crippen molar-refractivity contribution in [3.05, 3.63) is 0 Å². The summed E-state index contributed by atoms with van der Waals surface area (Å²) in [6.45, 7) is 2.29. The van der Waals surface area contributed by atoms with E-state index >= 15 is 0 Å². The molecule has 0 spiro atoms. The molecule has 6 nitrogen and oxygen atoms in total. The molecule has 2 heterocycles. The SMILES string of the molecule is N#CC1(N2CCC(O)CC2)CCN(C(=O)O)CC1. The standard InChI is InChI=1S/C12H19N3O3/c13-9-12(15-5-1-10(16)2-6-15)3-7-14(8-4-12)11(17)18/h10,16H,1-8H2,(H,17,18). The van der Waals surface area contributed by atoms with E-state index in [0.717, 1.165) is 13.1 Å². The second-order valence-corrected chi connectivity index (χ2v) is 5.13. The Morgan fingerprint density at radius 1 is 1.22 bits per heavy atom. The fourth-order valence-corrected chi connectivity index (χ4v) is 2.86. The lowest BCUT2D eigenvalue weighted by Crippen LogP contribution is -2.57. The van der Waals surface area contributed by atoms with Crippen molar-refractivity contribution in [3.8, 4) is 6.07 Å². The minimum atomic E-state index is -0.907. The largest absolute Gasteiger partial charge is 0.465 e. The number of aliphatic hydroxyl groups is 1. The molecule has 0 saturated carbocycles. The van der Waals surface area contributed by atoms with E-state index in [9.17, 15) is 15.2 Å². The molecular weight excluding hydrogens is 234 g/mol. The molecule has 2 fully saturated rings. The average molecular weight is 253 g/mol. The second-order valence-electron chi connectivity index (χ2n) is 5.13. The van der Waals surface area contributed by atoms with Crippen molar-refractivity contribution >= 4 is 6.09 Å². The fraction of sp³-hybridized carbons (Fsp3) is 0.833. The van der Waals surface area contributed by atoms with Crippen LogP contribution in [-0.4, -0.2) is 63.9 Å². The Balaban J connectivity index is 2.00. The molecule has 0 unspecified atom stereocenters. The Labute approximate surface area is 106 Å². The Morgan fingerprint density at radius 2 is 1.78 bits per heavy atom. The quantitative estimate of drug-likeness (QED) is 0.709. The third kappa shape index (κ3) is 2.42. The van der Waals surface area contributed by atoms with Gasteiger partial charge in [0.25, 0.3) is 0 Å². The number of rotatable bonds is 1. The van der Waals surface area contributed by atoms with Crippen LogP contribution >= 0.6 is 0 Å². The van der Waals surface area contributed by atoms with E-state index in [4.69, 9.17) is 5.11 Å². The predicted molar refractivity (Wildman–Crippen MR) is 64.0 cm³/mol. The number of carboxylic acid groups (broad SMARTS) is 1. The van der Waals surface area contributed by atoms with E-state index in [1.165, 1.54) is 4.90 Å². The van der Waals surface area contributed by atoms with Gasteiger partial charge in [0.05, 0.1) is 12.2 Å². The summed E-state index contributed by atoms with van der Waals surface area (Å²) in [5, 5.41) is 27.9. The zero-order valence-electron chi connectivity index (χ0n) is 10.4. The molecule has 18 heavy (non-hydrogen) atoms. The molecule has 0 aromatic rings. The van der Waals surface area contributed by atoms with E-state index in [1.807, 2.05) is 0 Å². The molecule has 1 amide bonds. The fourth-order valence-electron chi connectivity index (χ4n) is 2.86. The molecule has 0 aromatic heterocycles. The molecule has 0 aromatic carbocycles. The lowest BCUT2D eigenvalue weighted by atomic mass is 9.85. The van der Waals surface area contributed by atoms with Crippen molar-refractivity contribution in [1.82, 2.24) is 9.80 Å². The van der Waals surface area contributed by atoms with Gasteiger partial charge in [0.2, 0.25) is 0 Å². The van der Waals surface area contributed by atoms with Crippen molar-refractivity contribution in [2.75, 3.05) is 26.2 Å². The van der Waals surface area contributed by atoms with Gasteiger partial charge in [-0.15, -0.1) is 0 Å². The van der Waals surface area contributed by atoms with Crippen LogP contribution < -0.4 is 0 Å². The predicted octanol–water partition coefficient (Wildman–Crippen LogP) is 0.479. The summed E-state index contributed by atoms with van der Waals surface area (Å²) in [7, 11) is 0. The summed E-state index contributed by atoms with van der Waals surface area (Å²) >= 11 is 0. The third-order valence-electron chi connectivity index (χ3n) is 4.14. The zero-order chi connectivity index (χ0) is 13.2. The maximum atomic E-state index is 10.9. The number of nitriles is 1. The zero-order valence-corrected chi connectivity index (χ0v) is 10.4. The molecule has 0 atom stereocenters. The van der Waals surface area contributed by atoms with Gasteiger partial charge in [0, 0.05) is 26.2 Å². The molecule has 6 heteroatoms. The van der Waals surface area contributed by atoms with E-state index in [0.29, 0.717) is 38.8 Å². The van der Waals surface area contributed by atoms with Gasteiger partial charge in [-0.25, -0.2) is 4.79 Å². The first kappa shape index (κ1) is 13.1. The highest BCUT2D eigenvalue weighted by Crippen LogP contribution is 2.31. The first-order chi connectivity index (χ1) is 8.57. The molecule has 0 bridgehead atoms. The van der Waals surface area contributed by atoms with Gasteiger partial charge in [-0.05, 0) is 25.7 Å². The van der Waals surface area contributed by atoms with Crippen LogP contribution in [0, 0.1) is 11.3 Å². The topological polar surface area (TPSA) is 87.8 Å². The monoisotopic (exact) mass is 253 g/mol. The first-order valence-electron chi connectivity index (χ1n) is 6.40. The van der Waals surface area contributed by atoms with E-state index < -0.39 is 11.6 Å². The van der Waals surface area contributed by atoms with E-state index in [2.05, 4.69) is 11.0 Å². The molecule has 2 aliphatic rings. The number of carbonyl (C=O) groups is 1. The number of hydrogen-bond donors (Lipinski definition) is 2. The summed E-state index contributed by atoms with van der Waals surface area (Å²) in [5.41, 5.74) is -0.536. The van der Waals surface area contributed by atoms with Crippen LogP contribution in [0.1, 0.15) is 25.7 Å². The number of likely N-dealkylation sites (tertiary alicyclic amines) is 2. The smallest absolute Gasteiger partial charge is 0.407 e. The summed E-state index contributed by atoms with van der Waals surface area (Å²) in [4.78, 5) is 14.4. The van der Waals surface area contributed by atoms with Crippen molar-refractivity contribution in [2.45, 2.75) is 37.3 Å². The highest BCUT2D eigenvalue weighted by atomic mass is 16.4. The van der Waals surface area contributed by atoms with E-state index in [-0.39, 0.29) is 6.10 Å². The lowest BCUT2D eigenvalue weighted by molar-refractivity contribution is 0.0105. The summed E-state index contributed by atoms with van der Waals surface area (Å²) in [5.74, 6) is 0. The number of amides is 1. The van der Waals surface area contributed by atoms with Crippen LogP contribution in [0.5, 0.6) is 0 Å². The molecule has 2 N–H and O–H groups in total. The Kier molecular flexibility index (Phi) is 3.73. The van der Waals surface area contributed by atoms with Crippen LogP contribution in [0.2, 0.25) is 0 Å². The minimum Gasteiger partial charge on any atom is -0.465 e. The molecule has 100 valence electrons. The maximum Gasteiger partial charge on any atom is 0.407 e. The van der Waals surface area contributed by atoms with Crippen LogP contribution in [0.4, 0.5) is 4.79 Å². The van der Waals surface area contributed by atoms with Crippen molar-refractivity contribution in [1.29, 1.82) is 5.26 Å². The number of nitrogens with zero attached hydrogens (tertiary/aromatic N) is 3. The Bertz CT molecular complexity index is 350. The second kappa shape index (κ2) is 5.12. The minimum absolute atomic E-state index is 0.254. The van der Waals surface area contributed by atoms with Crippen LogP contribution in [0.25, 0.3) is 0 Å². The first-order valence-corrected chi connectivity index (χ1v) is 6.40. The summed E-state index contributed by atoms with van der Waals surface area (Å²) in [6.07, 6.45) is 1.36. The van der Waals surface area contributed by atoms with Gasteiger partial charge in [-0.1, -0.05) is 0 Å². The van der Waals surface area contributed by atoms with Crippen molar-refractivity contribution in [3.63, 3.8) is 0 Å². The van der Waals surface area contributed by atoms with Crippen LogP contribution in [0.15, 0.2) is 0 Å². The Hall–Kier alpha value is -1.32. The summed E-state index contributed by atoms with van der Waals surface area (Å²) < 4.78 is 0. The van der Waals surface area contributed by atoms with Gasteiger partial charge in [0.1, 0.15) is 5.54 Å². The van der Waals surface area contributed by atoms with Crippen molar-refractivity contribution < 1.29 is 15.0 Å². The average Bonchev–Trinajstić information content (AvgIpc) is 2.39. The van der Waals surface area contributed by atoms with E-state index in [1.54, 1.807) is 0 Å². The van der Waals surface area contributed by atoms with Gasteiger partial charge in [-0.3, -0.25) is 4.90 Å². The normalized spacial score (nSPS) is 25.7. The van der Waals surface area contributed by atoms with Crippen molar-refractivity contribution in [2.24, 2.45) is 0 Å². The third-order valence-corrected chi connectivity index (χ3v) is 4.14. The highest BCUT2D eigenvalue weighted by Gasteiger charge is 2.42. The Morgan fingerprint density at radius 3 is 2.22 bits per heavy atom. The molecule has 2 rings (SSSR count). The van der Waals surface area contributed by atoms with Gasteiger partial charge >= 0.3 is 6.09 Å². The van der Waals surface area contributed by atoms with Gasteiger partial charge in [0.15, 0.2) is 0 Å². The molecule has 0 aliphatic carbocycles. The van der Waals surface area contributed by atoms with Crippen LogP contribution in [-0.2, 0) is 0 Å². The maximum absolute atomic E-state index is 10.9. The molecule has 0 radical (unpaired) electrons. The molecule has 2 aliphatic heterocycles. The number of aliphatic hydroxyl groups excluding tert-OH is 1. The lowest BCUT2D eigenvalue weighted by Gasteiger charge is -2.45. The number of piperidine rings is 2. The van der Waals surface area contributed by atoms with Gasteiger partial charge in [-0.2, -0.15) is 5.26 Å². The highest BCUT2D eigenvalue weighted by molar-refractivity contribution is 5.65. The summed E-state index contributed by atoms with van der Waals surface area (Å²) in [6, 6.07) is 2.39. The molecule has 2 saturated heterocycles.